The molecular weight excluding hydrogens is 458 g/mol. The average Bonchev–Trinajstić information content (AvgIpc) is 3.19. The molecule has 0 radical (unpaired) electrons. The molecule has 9 nitrogen and oxygen atoms in total. The van der Waals surface area contributed by atoms with Gasteiger partial charge in [-0.2, -0.15) is 0 Å². The molecule has 188 valence electrons. The van der Waals surface area contributed by atoms with E-state index in [9.17, 15) is 13.6 Å². The molecule has 3 aliphatic heterocycles. The number of halogens is 2. The van der Waals surface area contributed by atoms with Crippen LogP contribution in [0.4, 0.5) is 19.5 Å². The summed E-state index contributed by atoms with van der Waals surface area (Å²) in [5.41, 5.74) is 1.89. The predicted molar refractivity (Wildman–Crippen MR) is 124 cm³/mol. The number of rotatable bonds is 5. The number of nitrogens with zero attached hydrogens (tertiary/aromatic N) is 4. The number of aromatic nitrogens is 2. The molecule has 3 aliphatic rings. The number of urea groups is 1. The second-order valence-corrected chi connectivity index (χ2v) is 9.38. The van der Waals surface area contributed by atoms with Crippen LogP contribution in [0.25, 0.3) is 0 Å². The summed E-state index contributed by atoms with van der Waals surface area (Å²) in [5.74, 6) is -1.08. The Morgan fingerprint density at radius 2 is 2.03 bits per heavy atom. The lowest BCUT2D eigenvalue weighted by Crippen LogP contribution is -2.51. The maximum absolute atomic E-state index is 13.6. The van der Waals surface area contributed by atoms with Gasteiger partial charge in [-0.1, -0.05) is 0 Å². The third-order valence-electron chi connectivity index (χ3n) is 6.72. The summed E-state index contributed by atoms with van der Waals surface area (Å²) in [6.07, 6.45) is 3.97. The molecule has 2 atom stereocenters. The van der Waals surface area contributed by atoms with E-state index in [1.807, 2.05) is 18.1 Å². The van der Waals surface area contributed by atoms with Gasteiger partial charge in [0.2, 0.25) is 5.95 Å². The van der Waals surface area contributed by atoms with E-state index in [1.54, 1.807) is 4.90 Å². The number of fused-ring (bicyclic) bond motifs is 1. The Hall–Kier alpha value is -3.05. The van der Waals surface area contributed by atoms with E-state index in [0.717, 1.165) is 49.4 Å². The maximum Gasteiger partial charge on any atom is 0.318 e. The van der Waals surface area contributed by atoms with Crippen LogP contribution in [-0.4, -0.2) is 83.9 Å². The van der Waals surface area contributed by atoms with Crippen LogP contribution in [0.3, 0.4) is 0 Å². The van der Waals surface area contributed by atoms with E-state index in [2.05, 4.69) is 20.6 Å². The van der Waals surface area contributed by atoms with Crippen molar-refractivity contribution in [2.24, 2.45) is 0 Å². The minimum absolute atomic E-state index is 0.201. The topological polar surface area (TPSA) is 91.9 Å². The second-order valence-electron chi connectivity index (χ2n) is 9.38. The molecule has 2 unspecified atom stereocenters. The number of likely N-dealkylation sites (tertiary alicyclic amines) is 1. The Morgan fingerprint density at radius 3 is 2.83 bits per heavy atom. The molecule has 2 aromatic rings. The minimum Gasteiger partial charge on any atom is -0.487 e. The van der Waals surface area contributed by atoms with Crippen LogP contribution in [0.5, 0.6) is 5.75 Å². The Kier molecular flexibility index (Phi) is 6.96. The Morgan fingerprint density at radius 1 is 1.20 bits per heavy atom. The molecule has 0 saturated carbocycles. The second kappa shape index (κ2) is 10.3. The molecular formula is C24H30F2N6O3. The lowest BCUT2D eigenvalue weighted by Gasteiger charge is -2.31. The zero-order valence-electron chi connectivity index (χ0n) is 19.7. The third kappa shape index (κ3) is 5.62. The fourth-order valence-electron chi connectivity index (χ4n) is 4.77. The van der Waals surface area contributed by atoms with Gasteiger partial charge in [0, 0.05) is 51.2 Å². The quantitative estimate of drug-likeness (QED) is 0.667. The SMILES string of the molecule is CN1CC(NC(=O)N2CCc3cnc(NC4CCOCC4)nc3C2)C(Oc2ccc(F)c(F)c2)C1. The van der Waals surface area contributed by atoms with Gasteiger partial charge in [0.15, 0.2) is 11.6 Å². The number of amides is 2. The van der Waals surface area contributed by atoms with Crippen molar-refractivity contribution in [3.05, 3.63) is 47.3 Å². The molecule has 35 heavy (non-hydrogen) atoms. The standard InChI is InChI=1S/C24H30F2N6O3/c1-31-12-21(22(14-31)35-17-2-3-18(25)19(26)10-17)30-24(33)32-7-4-15-11-27-23(29-20(15)13-32)28-16-5-8-34-9-6-16/h2-3,10-11,16,21-22H,4-9,12-14H2,1H3,(H,30,33)(H,27,28,29). The lowest BCUT2D eigenvalue weighted by atomic mass is 10.1. The number of hydrogen-bond donors (Lipinski definition) is 2. The summed E-state index contributed by atoms with van der Waals surface area (Å²) in [5, 5.41) is 6.45. The lowest BCUT2D eigenvalue weighted by molar-refractivity contribution is 0.0903. The molecule has 1 aromatic carbocycles. The number of benzene rings is 1. The Balaban J connectivity index is 1.21. The van der Waals surface area contributed by atoms with Crippen LogP contribution in [0, 0.1) is 11.6 Å². The monoisotopic (exact) mass is 488 g/mol. The summed E-state index contributed by atoms with van der Waals surface area (Å²) < 4.78 is 38.2. The van der Waals surface area contributed by atoms with Crippen molar-refractivity contribution >= 4 is 12.0 Å². The highest BCUT2D eigenvalue weighted by Gasteiger charge is 2.35. The highest BCUT2D eigenvalue weighted by atomic mass is 19.2. The number of carbonyl (C=O) groups excluding carboxylic acids is 1. The van der Waals surface area contributed by atoms with Gasteiger partial charge in [0.25, 0.3) is 0 Å². The minimum atomic E-state index is -0.964. The van der Waals surface area contributed by atoms with Crippen LogP contribution >= 0.6 is 0 Å². The third-order valence-corrected chi connectivity index (χ3v) is 6.72. The molecule has 1 aromatic heterocycles. The van der Waals surface area contributed by atoms with Crippen molar-refractivity contribution in [1.29, 1.82) is 0 Å². The molecule has 2 N–H and O–H groups in total. The molecule has 5 rings (SSSR count). The Bertz CT molecular complexity index is 1070. The predicted octanol–water partition coefficient (Wildman–Crippen LogP) is 2.17. The highest BCUT2D eigenvalue weighted by Crippen LogP contribution is 2.22. The first-order valence-electron chi connectivity index (χ1n) is 12.0. The maximum atomic E-state index is 13.6. The fraction of sp³-hybridized carbons (Fsp3) is 0.542. The number of ether oxygens (including phenoxy) is 2. The highest BCUT2D eigenvalue weighted by molar-refractivity contribution is 5.75. The molecule has 0 spiro atoms. The summed E-state index contributed by atoms with van der Waals surface area (Å²) in [6, 6.07) is 3.25. The number of likely N-dealkylation sites (N-methyl/N-ethyl adjacent to an activating group) is 1. The first-order valence-corrected chi connectivity index (χ1v) is 12.0. The van der Waals surface area contributed by atoms with Crippen molar-refractivity contribution in [1.82, 2.24) is 25.1 Å². The summed E-state index contributed by atoms with van der Waals surface area (Å²) in [7, 11) is 1.93. The number of nitrogens with one attached hydrogen (secondary N) is 2. The first-order chi connectivity index (χ1) is 16.9. The number of hydrogen-bond acceptors (Lipinski definition) is 7. The van der Waals surface area contributed by atoms with Gasteiger partial charge in [-0.3, -0.25) is 0 Å². The summed E-state index contributed by atoms with van der Waals surface area (Å²) in [4.78, 5) is 26.0. The van der Waals surface area contributed by atoms with E-state index < -0.39 is 11.6 Å². The zero-order valence-corrected chi connectivity index (χ0v) is 19.7. The normalized spacial score (nSPS) is 23.1. The largest absolute Gasteiger partial charge is 0.487 e. The molecule has 4 heterocycles. The summed E-state index contributed by atoms with van der Waals surface area (Å²) in [6.45, 7) is 3.56. The van der Waals surface area contributed by atoms with Gasteiger partial charge in [0.05, 0.1) is 18.3 Å². The van der Waals surface area contributed by atoms with Gasteiger partial charge in [-0.05, 0) is 44.0 Å². The van der Waals surface area contributed by atoms with Gasteiger partial charge in [-0.25, -0.2) is 23.5 Å². The first kappa shape index (κ1) is 23.7. The summed E-state index contributed by atoms with van der Waals surface area (Å²) >= 11 is 0. The van der Waals surface area contributed by atoms with Crippen LogP contribution in [-0.2, 0) is 17.7 Å². The van der Waals surface area contributed by atoms with Crippen molar-refractivity contribution in [3.63, 3.8) is 0 Å². The van der Waals surface area contributed by atoms with Crippen LogP contribution in [0.1, 0.15) is 24.1 Å². The number of carbonyl (C=O) groups is 1. The van der Waals surface area contributed by atoms with Gasteiger partial charge >= 0.3 is 6.03 Å². The molecule has 0 bridgehead atoms. The molecule has 11 heteroatoms. The fourth-order valence-corrected chi connectivity index (χ4v) is 4.77. The van der Waals surface area contributed by atoms with E-state index in [1.165, 1.54) is 6.07 Å². The van der Waals surface area contributed by atoms with Crippen LogP contribution < -0.4 is 15.4 Å². The molecule has 0 aliphatic carbocycles. The van der Waals surface area contributed by atoms with E-state index in [-0.39, 0.29) is 30.0 Å². The van der Waals surface area contributed by atoms with Crippen molar-refractivity contribution in [2.45, 2.75) is 44.0 Å². The number of anilines is 1. The van der Waals surface area contributed by atoms with Crippen LogP contribution in [0.15, 0.2) is 24.4 Å². The average molecular weight is 489 g/mol. The van der Waals surface area contributed by atoms with Crippen molar-refractivity contribution in [3.8, 4) is 5.75 Å². The van der Waals surface area contributed by atoms with Gasteiger partial charge < -0.3 is 29.9 Å². The van der Waals surface area contributed by atoms with E-state index in [4.69, 9.17) is 9.47 Å². The molecule has 2 saturated heterocycles. The van der Waals surface area contributed by atoms with E-state index in [0.29, 0.717) is 38.5 Å². The zero-order chi connectivity index (χ0) is 24.4. The Labute approximate surface area is 202 Å². The van der Waals surface area contributed by atoms with Crippen molar-refractivity contribution in [2.75, 3.05) is 45.2 Å². The molecule has 2 fully saturated rings. The van der Waals surface area contributed by atoms with Gasteiger partial charge in [0.1, 0.15) is 11.9 Å². The van der Waals surface area contributed by atoms with Crippen LogP contribution in [0.2, 0.25) is 0 Å². The van der Waals surface area contributed by atoms with E-state index >= 15 is 0 Å². The van der Waals surface area contributed by atoms with Gasteiger partial charge in [-0.15, -0.1) is 0 Å². The smallest absolute Gasteiger partial charge is 0.318 e. The van der Waals surface area contributed by atoms with Crippen molar-refractivity contribution < 1.29 is 23.0 Å². The molecule has 2 amide bonds.